The fourth-order valence-electron chi connectivity index (χ4n) is 1.28. The van der Waals surface area contributed by atoms with Gasteiger partial charge in [-0.3, -0.25) is 10.1 Å². The smallest absolute Gasteiger partial charge is 0.372 e. The molecule has 0 aliphatic carbocycles. The normalized spacial score (nSPS) is 10.5. The topological polar surface area (TPSA) is 99.4 Å². The van der Waals surface area contributed by atoms with E-state index in [4.69, 9.17) is 9.47 Å². The van der Waals surface area contributed by atoms with Crippen LogP contribution in [0, 0.1) is 16.0 Å². The molecule has 1 rings (SSSR count). The molecule has 0 atom stereocenters. The summed E-state index contributed by atoms with van der Waals surface area (Å²) < 4.78 is 10.0. The van der Waals surface area contributed by atoms with Gasteiger partial charge < -0.3 is 14.8 Å². The van der Waals surface area contributed by atoms with Gasteiger partial charge in [-0.05, 0) is 5.92 Å². The number of hydrogen-bond acceptors (Lipinski definition) is 7. The minimum atomic E-state index is -0.551. The van der Waals surface area contributed by atoms with Crippen LogP contribution in [0.4, 0.5) is 11.5 Å². The zero-order chi connectivity index (χ0) is 14.3. The Bertz CT molecular complexity index is 425. The Hall–Kier alpha value is -1.96. The average molecular weight is 270 g/mol. The van der Waals surface area contributed by atoms with E-state index in [1.807, 2.05) is 13.8 Å². The van der Waals surface area contributed by atoms with Gasteiger partial charge in [0, 0.05) is 13.7 Å². The third-order valence-corrected chi connectivity index (χ3v) is 2.18. The Morgan fingerprint density at radius 1 is 1.42 bits per heavy atom. The standard InChI is InChI=1S/C11H18N4O4/c1-8(2)6-12-10-9(15(16)17)11(14-7-13-10)19-5-4-18-3/h7-8H,4-6H2,1-3H3,(H,12,13,14). The Balaban J connectivity index is 2.90. The van der Waals surface area contributed by atoms with E-state index in [9.17, 15) is 10.1 Å². The molecular formula is C11H18N4O4. The molecule has 1 N–H and O–H groups in total. The van der Waals surface area contributed by atoms with Crippen molar-refractivity contribution in [2.45, 2.75) is 13.8 Å². The zero-order valence-corrected chi connectivity index (χ0v) is 11.3. The van der Waals surface area contributed by atoms with Crippen molar-refractivity contribution in [3.05, 3.63) is 16.4 Å². The molecule has 19 heavy (non-hydrogen) atoms. The Labute approximate surface area is 111 Å². The maximum Gasteiger partial charge on any atom is 0.372 e. The summed E-state index contributed by atoms with van der Waals surface area (Å²) in [5.41, 5.74) is -0.251. The van der Waals surface area contributed by atoms with Gasteiger partial charge in [-0.25, -0.2) is 4.98 Å². The van der Waals surface area contributed by atoms with Gasteiger partial charge in [0.25, 0.3) is 5.88 Å². The molecule has 1 aromatic heterocycles. The fraction of sp³-hybridized carbons (Fsp3) is 0.636. The van der Waals surface area contributed by atoms with E-state index >= 15 is 0 Å². The third-order valence-electron chi connectivity index (χ3n) is 2.18. The van der Waals surface area contributed by atoms with Crippen molar-refractivity contribution in [1.29, 1.82) is 0 Å². The minimum Gasteiger partial charge on any atom is -0.470 e. The Morgan fingerprint density at radius 2 is 2.16 bits per heavy atom. The average Bonchev–Trinajstić information content (AvgIpc) is 2.36. The van der Waals surface area contributed by atoms with Crippen molar-refractivity contribution < 1.29 is 14.4 Å². The summed E-state index contributed by atoms with van der Waals surface area (Å²) >= 11 is 0. The van der Waals surface area contributed by atoms with Crippen LogP contribution in [0.15, 0.2) is 6.33 Å². The number of nitro groups is 1. The van der Waals surface area contributed by atoms with Crippen molar-refractivity contribution in [1.82, 2.24) is 9.97 Å². The molecule has 106 valence electrons. The third kappa shape index (κ3) is 4.66. The van der Waals surface area contributed by atoms with Crippen LogP contribution in [-0.2, 0) is 4.74 Å². The maximum atomic E-state index is 11.1. The summed E-state index contributed by atoms with van der Waals surface area (Å²) in [7, 11) is 1.52. The van der Waals surface area contributed by atoms with Gasteiger partial charge in [-0.1, -0.05) is 13.8 Å². The first-order chi connectivity index (χ1) is 9.06. The first-order valence-corrected chi connectivity index (χ1v) is 5.91. The van der Waals surface area contributed by atoms with Crippen molar-refractivity contribution in [2.75, 3.05) is 32.2 Å². The molecule has 0 radical (unpaired) electrons. The number of nitrogens with zero attached hydrogens (tertiary/aromatic N) is 3. The molecule has 0 unspecified atom stereocenters. The molecule has 0 aliphatic rings. The number of anilines is 1. The zero-order valence-electron chi connectivity index (χ0n) is 11.3. The molecule has 0 saturated carbocycles. The van der Waals surface area contributed by atoms with Crippen LogP contribution >= 0.6 is 0 Å². The molecule has 8 nitrogen and oxygen atoms in total. The summed E-state index contributed by atoms with van der Waals surface area (Å²) in [6, 6.07) is 0. The summed E-state index contributed by atoms with van der Waals surface area (Å²) in [5.74, 6) is 0.455. The van der Waals surface area contributed by atoms with E-state index in [-0.39, 0.29) is 24.0 Å². The van der Waals surface area contributed by atoms with Crippen LogP contribution in [0.5, 0.6) is 5.88 Å². The predicted molar refractivity (Wildman–Crippen MR) is 69.4 cm³/mol. The van der Waals surface area contributed by atoms with Crippen LogP contribution in [0.3, 0.4) is 0 Å². The van der Waals surface area contributed by atoms with Crippen LogP contribution < -0.4 is 10.1 Å². The largest absolute Gasteiger partial charge is 0.470 e. The SMILES string of the molecule is COCCOc1ncnc(NCC(C)C)c1[N+](=O)[O-]. The molecule has 8 heteroatoms. The van der Waals surface area contributed by atoms with Crippen LogP contribution in [-0.4, -0.2) is 41.8 Å². The highest BCUT2D eigenvalue weighted by Gasteiger charge is 2.24. The molecule has 0 aromatic carbocycles. The molecule has 1 heterocycles. The van der Waals surface area contributed by atoms with Crippen LogP contribution in [0.2, 0.25) is 0 Å². The lowest BCUT2D eigenvalue weighted by molar-refractivity contribution is -0.385. The van der Waals surface area contributed by atoms with Gasteiger partial charge in [-0.2, -0.15) is 4.98 Å². The number of aromatic nitrogens is 2. The molecule has 0 aliphatic heterocycles. The van der Waals surface area contributed by atoms with E-state index < -0.39 is 4.92 Å². The number of hydrogen-bond donors (Lipinski definition) is 1. The number of nitrogens with one attached hydrogen (secondary N) is 1. The molecule has 0 amide bonds. The van der Waals surface area contributed by atoms with Gasteiger partial charge in [0.2, 0.25) is 5.82 Å². The lowest BCUT2D eigenvalue weighted by Crippen LogP contribution is -2.13. The minimum absolute atomic E-state index is 0.0525. The van der Waals surface area contributed by atoms with Crippen molar-refractivity contribution >= 4 is 11.5 Å². The lowest BCUT2D eigenvalue weighted by atomic mass is 10.2. The van der Waals surface area contributed by atoms with Gasteiger partial charge in [-0.15, -0.1) is 0 Å². The molecule has 1 aromatic rings. The van der Waals surface area contributed by atoms with Crippen LogP contribution in [0.1, 0.15) is 13.8 Å². The van der Waals surface area contributed by atoms with E-state index in [2.05, 4.69) is 15.3 Å². The summed E-state index contributed by atoms with van der Waals surface area (Å²) in [6.45, 7) is 5.09. The summed E-state index contributed by atoms with van der Waals surface area (Å²) in [6.07, 6.45) is 1.23. The molecular weight excluding hydrogens is 252 g/mol. The second kappa shape index (κ2) is 7.47. The second-order valence-corrected chi connectivity index (χ2v) is 4.25. The van der Waals surface area contributed by atoms with Gasteiger partial charge in [0.05, 0.1) is 11.5 Å². The van der Waals surface area contributed by atoms with E-state index in [0.717, 1.165) is 0 Å². The van der Waals surface area contributed by atoms with Crippen molar-refractivity contribution in [3.63, 3.8) is 0 Å². The van der Waals surface area contributed by atoms with E-state index in [1.165, 1.54) is 13.4 Å². The molecule has 0 bridgehead atoms. The second-order valence-electron chi connectivity index (χ2n) is 4.25. The van der Waals surface area contributed by atoms with Crippen LogP contribution in [0.25, 0.3) is 0 Å². The highest BCUT2D eigenvalue weighted by Crippen LogP contribution is 2.30. The molecule has 0 saturated heterocycles. The Morgan fingerprint density at radius 3 is 2.74 bits per heavy atom. The van der Waals surface area contributed by atoms with Gasteiger partial charge in [0.15, 0.2) is 0 Å². The maximum absolute atomic E-state index is 11.1. The number of rotatable bonds is 8. The quantitative estimate of drug-likeness (QED) is 0.434. The summed E-state index contributed by atoms with van der Waals surface area (Å²) in [4.78, 5) is 18.2. The first kappa shape index (κ1) is 15.1. The lowest BCUT2D eigenvalue weighted by Gasteiger charge is -2.10. The van der Waals surface area contributed by atoms with Gasteiger partial charge in [0.1, 0.15) is 12.9 Å². The number of methoxy groups -OCH3 is 1. The molecule has 0 spiro atoms. The fourth-order valence-corrected chi connectivity index (χ4v) is 1.28. The monoisotopic (exact) mass is 270 g/mol. The van der Waals surface area contributed by atoms with Crippen molar-refractivity contribution in [2.24, 2.45) is 5.92 Å². The molecule has 0 fully saturated rings. The number of ether oxygens (including phenoxy) is 2. The van der Waals surface area contributed by atoms with Gasteiger partial charge >= 0.3 is 5.69 Å². The van der Waals surface area contributed by atoms with E-state index in [0.29, 0.717) is 19.1 Å². The summed E-state index contributed by atoms with van der Waals surface area (Å²) in [5, 5.41) is 14.0. The van der Waals surface area contributed by atoms with E-state index in [1.54, 1.807) is 0 Å². The highest BCUT2D eigenvalue weighted by molar-refractivity contribution is 5.61. The van der Waals surface area contributed by atoms with Crippen molar-refractivity contribution in [3.8, 4) is 5.88 Å². The first-order valence-electron chi connectivity index (χ1n) is 5.91. The predicted octanol–water partition coefficient (Wildman–Crippen LogP) is 1.48. The highest BCUT2D eigenvalue weighted by atomic mass is 16.6. The Kier molecular flexibility index (Phi) is 5.94.